The third-order valence-corrected chi connectivity index (χ3v) is 2.62. The second-order valence-corrected chi connectivity index (χ2v) is 3.88. The normalized spacial score (nSPS) is 10.8. The van der Waals surface area contributed by atoms with Gasteiger partial charge in [0.25, 0.3) is 5.69 Å². The Hall–Kier alpha value is -2.93. The van der Waals surface area contributed by atoms with Gasteiger partial charge in [0, 0.05) is 12.1 Å². The first-order valence-corrected chi connectivity index (χ1v) is 5.62. The van der Waals surface area contributed by atoms with Crippen LogP contribution in [0.5, 0.6) is 0 Å². The molecule has 0 aliphatic heterocycles. The molecule has 2 aromatic rings. The molecule has 4 nitrogen and oxygen atoms in total. The van der Waals surface area contributed by atoms with Crippen molar-refractivity contribution in [2.45, 2.75) is 0 Å². The number of nitriles is 1. The second kappa shape index (κ2) is 5.61. The number of hydrogen-bond donors (Lipinski definition) is 0. The van der Waals surface area contributed by atoms with Crippen LogP contribution in [0.4, 0.5) is 5.69 Å². The van der Waals surface area contributed by atoms with Crippen molar-refractivity contribution in [3.63, 3.8) is 0 Å². The fourth-order valence-corrected chi connectivity index (χ4v) is 1.66. The minimum atomic E-state index is -0.462. The molecule has 0 saturated heterocycles. The maximum atomic E-state index is 10.6. The fraction of sp³-hybridized carbons (Fsp3) is 0. The van der Waals surface area contributed by atoms with Crippen LogP contribution >= 0.6 is 0 Å². The summed E-state index contributed by atoms with van der Waals surface area (Å²) in [6.07, 6.45) is 1.75. The number of nitro groups is 1. The smallest absolute Gasteiger partial charge is 0.258 e. The van der Waals surface area contributed by atoms with Gasteiger partial charge in [0.05, 0.1) is 16.6 Å². The van der Waals surface area contributed by atoms with E-state index >= 15 is 0 Å². The number of hydrogen-bond acceptors (Lipinski definition) is 3. The van der Waals surface area contributed by atoms with Crippen molar-refractivity contribution in [1.82, 2.24) is 0 Å². The first-order valence-electron chi connectivity index (χ1n) is 5.62. The van der Waals surface area contributed by atoms with Gasteiger partial charge < -0.3 is 0 Å². The number of benzene rings is 2. The molecule has 0 fully saturated rings. The Labute approximate surface area is 110 Å². The lowest BCUT2D eigenvalue weighted by molar-refractivity contribution is -0.384. The highest BCUT2D eigenvalue weighted by atomic mass is 16.6. The summed E-state index contributed by atoms with van der Waals surface area (Å²) in [5.74, 6) is 0. The van der Waals surface area contributed by atoms with E-state index in [9.17, 15) is 10.1 Å². The lowest BCUT2D eigenvalue weighted by atomic mass is 10.0. The van der Waals surface area contributed by atoms with Gasteiger partial charge in [-0.25, -0.2) is 0 Å². The lowest BCUT2D eigenvalue weighted by Crippen LogP contribution is -1.88. The molecule has 0 atom stereocenters. The Balaban J connectivity index is 2.36. The Bertz CT molecular complexity index is 653. The second-order valence-electron chi connectivity index (χ2n) is 3.88. The molecule has 0 saturated carbocycles. The van der Waals surface area contributed by atoms with E-state index in [0.717, 1.165) is 5.56 Å². The van der Waals surface area contributed by atoms with Crippen molar-refractivity contribution in [3.8, 4) is 6.07 Å². The predicted molar refractivity (Wildman–Crippen MR) is 73.0 cm³/mol. The first kappa shape index (κ1) is 12.5. The van der Waals surface area contributed by atoms with E-state index < -0.39 is 4.92 Å². The Kier molecular flexibility index (Phi) is 3.70. The zero-order valence-electron chi connectivity index (χ0n) is 9.98. The van der Waals surface area contributed by atoms with E-state index in [4.69, 9.17) is 5.26 Å². The molecule has 0 aromatic heterocycles. The molecule has 0 N–H and O–H groups in total. The number of nitrogens with zero attached hydrogens (tertiary/aromatic N) is 2. The van der Waals surface area contributed by atoms with E-state index in [1.54, 1.807) is 18.2 Å². The highest BCUT2D eigenvalue weighted by molar-refractivity contribution is 5.89. The molecule has 0 amide bonds. The van der Waals surface area contributed by atoms with Gasteiger partial charge in [-0.1, -0.05) is 30.3 Å². The van der Waals surface area contributed by atoms with Gasteiger partial charge in [0.1, 0.15) is 0 Å². The van der Waals surface area contributed by atoms with Gasteiger partial charge in [-0.2, -0.15) is 5.26 Å². The Morgan fingerprint density at radius 3 is 2.26 bits per heavy atom. The highest BCUT2D eigenvalue weighted by Crippen LogP contribution is 2.20. The molecular weight excluding hydrogens is 240 g/mol. The van der Waals surface area contributed by atoms with E-state index in [0.29, 0.717) is 11.1 Å². The molecule has 0 aliphatic carbocycles. The van der Waals surface area contributed by atoms with E-state index in [1.165, 1.54) is 12.1 Å². The van der Waals surface area contributed by atoms with Gasteiger partial charge >= 0.3 is 0 Å². The average molecular weight is 250 g/mol. The zero-order valence-corrected chi connectivity index (χ0v) is 9.98. The first-order chi connectivity index (χ1) is 9.20. The highest BCUT2D eigenvalue weighted by Gasteiger charge is 2.06. The largest absolute Gasteiger partial charge is 0.269 e. The van der Waals surface area contributed by atoms with Crippen molar-refractivity contribution in [2.75, 3.05) is 0 Å². The maximum absolute atomic E-state index is 10.6. The van der Waals surface area contributed by atoms with Crippen molar-refractivity contribution in [3.05, 3.63) is 75.8 Å². The summed E-state index contributed by atoms with van der Waals surface area (Å²) in [4.78, 5) is 10.1. The van der Waals surface area contributed by atoms with Crippen LogP contribution in [0.15, 0.2) is 54.6 Å². The van der Waals surface area contributed by atoms with Crippen molar-refractivity contribution < 1.29 is 4.92 Å². The van der Waals surface area contributed by atoms with Gasteiger partial charge in [-0.15, -0.1) is 0 Å². The number of rotatable bonds is 3. The molecule has 0 spiro atoms. The SMILES string of the molecule is N#C/C(=C/c1ccccc1)c1ccc([N+](=O)[O-])cc1. The molecule has 2 aromatic carbocycles. The van der Waals surface area contributed by atoms with Crippen molar-refractivity contribution >= 4 is 17.3 Å². The van der Waals surface area contributed by atoms with Crippen LogP contribution in [0.3, 0.4) is 0 Å². The summed E-state index contributed by atoms with van der Waals surface area (Å²) < 4.78 is 0. The molecule has 2 rings (SSSR count). The third-order valence-electron chi connectivity index (χ3n) is 2.62. The van der Waals surface area contributed by atoms with Crippen LogP contribution in [0.25, 0.3) is 11.6 Å². The molecule has 0 bridgehead atoms. The summed E-state index contributed by atoms with van der Waals surface area (Å²) in [6.45, 7) is 0. The maximum Gasteiger partial charge on any atom is 0.269 e. The molecule has 0 heterocycles. The number of allylic oxidation sites excluding steroid dienone is 1. The summed E-state index contributed by atoms with van der Waals surface area (Å²) in [6, 6.07) is 17.5. The molecule has 4 heteroatoms. The third kappa shape index (κ3) is 3.05. The fourth-order valence-electron chi connectivity index (χ4n) is 1.66. The number of nitro benzene ring substituents is 1. The topological polar surface area (TPSA) is 66.9 Å². The van der Waals surface area contributed by atoms with Crippen LogP contribution in [0.2, 0.25) is 0 Å². The summed E-state index contributed by atoms with van der Waals surface area (Å²) >= 11 is 0. The monoisotopic (exact) mass is 250 g/mol. The minimum absolute atomic E-state index is 0.0146. The minimum Gasteiger partial charge on any atom is -0.258 e. The Morgan fingerprint density at radius 2 is 1.74 bits per heavy atom. The van der Waals surface area contributed by atoms with Gasteiger partial charge in [-0.3, -0.25) is 10.1 Å². The van der Waals surface area contributed by atoms with E-state index in [-0.39, 0.29) is 5.69 Å². The van der Waals surface area contributed by atoms with Crippen LogP contribution < -0.4 is 0 Å². The van der Waals surface area contributed by atoms with E-state index in [1.807, 2.05) is 30.3 Å². The predicted octanol–water partition coefficient (Wildman–Crippen LogP) is 3.66. The standard InChI is InChI=1S/C15H10N2O2/c16-11-14(10-12-4-2-1-3-5-12)13-6-8-15(9-7-13)17(18)19/h1-10H/b14-10-. The molecule has 0 unspecified atom stereocenters. The van der Waals surface area contributed by atoms with Crippen LogP contribution in [-0.2, 0) is 0 Å². The van der Waals surface area contributed by atoms with Gasteiger partial charge in [-0.05, 0) is 29.3 Å². The number of non-ortho nitro benzene ring substituents is 1. The Morgan fingerprint density at radius 1 is 1.11 bits per heavy atom. The molecule has 0 radical (unpaired) electrons. The summed E-state index contributed by atoms with van der Waals surface area (Å²) in [5, 5.41) is 19.7. The van der Waals surface area contributed by atoms with Gasteiger partial charge in [0.2, 0.25) is 0 Å². The lowest BCUT2D eigenvalue weighted by Gasteiger charge is -1.99. The summed E-state index contributed by atoms with van der Waals surface area (Å²) in [7, 11) is 0. The van der Waals surface area contributed by atoms with Crippen LogP contribution in [0, 0.1) is 21.4 Å². The van der Waals surface area contributed by atoms with Crippen LogP contribution in [-0.4, -0.2) is 4.92 Å². The zero-order chi connectivity index (χ0) is 13.7. The van der Waals surface area contributed by atoms with Crippen LogP contribution in [0.1, 0.15) is 11.1 Å². The molecule has 92 valence electrons. The molecular formula is C15H10N2O2. The van der Waals surface area contributed by atoms with Gasteiger partial charge in [0.15, 0.2) is 0 Å². The average Bonchev–Trinajstić information content (AvgIpc) is 2.46. The summed E-state index contributed by atoms with van der Waals surface area (Å²) in [5.41, 5.74) is 2.07. The quantitative estimate of drug-likeness (QED) is 0.361. The molecule has 0 aliphatic rings. The molecule has 19 heavy (non-hydrogen) atoms. The van der Waals surface area contributed by atoms with Crippen molar-refractivity contribution in [2.24, 2.45) is 0 Å². The van der Waals surface area contributed by atoms with Crippen molar-refractivity contribution in [1.29, 1.82) is 5.26 Å². The van der Waals surface area contributed by atoms with E-state index in [2.05, 4.69) is 6.07 Å².